The fourth-order valence-electron chi connectivity index (χ4n) is 1.65. The van der Waals surface area contributed by atoms with Crippen molar-refractivity contribution in [2.75, 3.05) is 12.3 Å². The van der Waals surface area contributed by atoms with Crippen molar-refractivity contribution in [1.82, 2.24) is 15.3 Å². The van der Waals surface area contributed by atoms with Gasteiger partial charge in [0.1, 0.15) is 0 Å². The smallest absolute Gasteiger partial charge is 0.188 e. The lowest BCUT2D eigenvalue weighted by atomic mass is 10.2. The molecule has 18 heavy (non-hydrogen) atoms. The average molecular weight is 267 g/mol. The highest BCUT2D eigenvalue weighted by molar-refractivity contribution is 7.99. The first-order chi connectivity index (χ1) is 8.58. The molecule has 0 bridgehead atoms. The van der Waals surface area contributed by atoms with Crippen molar-refractivity contribution in [3.8, 4) is 0 Å². The molecule has 3 nitrogen and oxygen atoms in total. The molecule has 1 heterocycles. The number of hydrogen-bond donors (Lipinski definition) is 1. The van der Waals surface area contributed by atoms with Crippen molar-refractivity contribution >= 4 is 11.8 Å². The van der Waals surface area contributed by atoms with E-state index in [9.17, 15) is 0 Å². The fraction of sp³-hybridized carbons (Fsp3) is 0.714. The van der Waals surface area contributed by atoms with E-state index in [1.54, 1.807) is 11.8 Å². The van der Waals surface area contributed by atoms with Crippen LogP contribution in [0.3, 0.4) is 0 Å². The van der Waals surface area contributed by atoms with Gasteiger partial charge in [-0.25, -0.2) is 9.97 Å². The highest BCUT2D eigenvalue weighted by Crippen LogP contribution is 2.18. The molecule has 0 saturated heterocycles. The van der Waals surface area contributed by atoms with Crippen LogP contribution in [0, 0.1) is 20.8 Å². The van der Waals surface area contributed by atoms with E-state index in [-0.39, 0.29) is 0 Å². The fourth-order valence-corrected chi connectivity index (χ4v) is 2.76. The molecular formula is C14H25N3S. The number of aromatic nitrogens is 2. The topological polar surface area (TPSA) is 37.8 Å². The summed E-state index contributed by atoms with van der Waals surface area (Å²) in [6.45, 7) is 11.7. The lowest BCUT2D eigenvalue weighted by Gasteiger charge is -2.15. The van der Waals surface area contributed by atoms with E-state index in [0.717, 1.165) is 35.3 Å². The summed E-state index contributed by atoms with van der Waals surface area (Å²) in [5, 5.41) is 4.46. The zero-order valence-corrected chi connectivity index (χ0v) is 13.0. The quantitative estimate of drug-likeness (QED) is 0.608. The van der Waals surface area contributed by atoms with E-state index >= 15 is 0 Å². The Balaban J connectivity index is 2.57. The van der Waals surface area contributed by atoms with Crippen molar-refractivity contribution in [3.63, 3.8) is 0 Å². The summed E-state index contributed by atoms with van der Waals surface area (Å²) in [7, 11) is 0. The van der Waals surface area contributed by atoms with Gasteiger partial charge in [-0.3, -0.25) is 0 Å². The Morgan fingerprint density at radius 2 is 1.72 bits per heavy atom. The predicted octanol–water partition coefficient (Wildman–Crippen LogP) is 3.27. The SMILES string of the molecule is CCCNC(CC)CSc1nc(C)c(C)c(C)n1. The monoisotopic (exact) mass is 267 g/mol. The second-order valence-electron chi connectivity index (χ2n) is 4.67. The molecule has 0 aromatic carbocycles. The molecule has 0 aliphatic rings. The summed E-state index contributed by atoms with van der Waals surface area (Å²) in [6.07, 6.45) is 2.33. The predicted molar refractivity (Wildman–Crippen MR) is 79.3 cm³/mol. The van der Waals surface area contributed by atoms with Crippen molar-refractivity contribution in [3.05, 3.63) is 17.0 Å². The van der Waals surface area contributed by atoms with Gasteiger partial charge >= 0.3 is 0 Å². The van der Waals surface area contributed by atoms with E-state index in [4.69, 9.17) is 0 Å². The third-order valence-electron chi connectivity index (χ3n) is 3.20. The summed E-state index contributed by atoms with van der Waals surface area (Å²) >= 11 is 1.76. The number of nitrogens with one attached hydrogen (secondary N) is 1. The number of nitrogens with zero attached hydrogens (tertiary/aromatic N) is 2. The van der Waals surface area contributed by atoms with Gasteiger partial charge in [0.15, 0.2) is 5.16 Å². The summed E-state index contributed by atoms with van der Waals surface area (Å²) in [4.78, 5) is 9.09. The third kappa shape index (κ3) is 4.58. The average Bonchev–Trinajstić information content (AvgIpc) is 2.36. The Morgan fingerprint density at radius 3 is 2.22 bits per heavy atom. The molecule has 0 aliphatic carbocycles. The first-order valence-electron chi connectivity index (χ1n) is 6.76. The molecular weight excluding hydrogens is 242 g/mol. The van der Waals surface area contributed by atoms with Gasteiger partial charge in [-0.1, -0.05) is 25.6 Å². The highest BCUT2D eigenvalue weighted by Gasteiger charge is 2.09. The maximum absolute atomic E-state index is 4.54. The van der Waals surface area contributed by atoms with Gasteiger partial charge in [0, 0.05) is 23.2 Å². The van der Waals surface area contributed by atoms with Gasteiger partial charge in [0.05, 0.1) is 0 Å². The van der Waals surface area contributed by atoms with E-state index in [0.29, 0.717) is 6.04 Å². The largest absolute Gasteiger partial charge is 0.313 e. The van der Waals surface area contributed by atoms with Crippen LogP contribution in [0.4, 0.5) is 0 Å². The molecule has 1 rings (SSSR count). The zero-order chi connectivity index (χ0) is 13.5. The molecule has 1 unspecified atom stereocenters. The summed E-state index contributed by atoms with van der Waals surface area (Å²) in [5.41, 5.74) is 3.40. The molecule has 0 spiro atoms. The third-order valence-corrected chi connectivity index (χ3v) is 4.21. The van der Waals surface area contributed by atoms with E-state index in [1.807, 2.05) is 0 Å². The molecule has 4 heteroatoms. The van der Waals surface area contributed by atoms with Crippen LogP contribution in [0.1, 0.15) is 43.6 Å². The van der Waals surface area contributed by atoms with Crippen molar-refractivity contribution in [1.29, 1.82) is 0 Å². The maximum atomic E-state index is 4.54. The van der Waals surface area contributed by atoms with E-state index in [1.165, 1.54) is 12.0 Å². The molecule has 0 saturated carbocycles. The van der Waals surface area contributed by atoms with Crippen LogP contribution in [0.15, 0.2) is 5.16 Å². The first-order valence-corrected chi connectivity index (χ1v) is 7.75. The lowest BCUT2D eigenvalue weighted by molar-refractivity contribution is 0.539. The minimum atomic E-state index is 0.556. The second-order valence-corrected chi connectivity index (χ2v) is 5.66. The molecule has 1 aromatic heterocycles. The molecule has 1 atom stereocenters. The molecule has 1 aromatic rings. The van der Waals surface area contributed by atoms with Crippen LogP contribution < -0.4 is 5.32 Å². The summed E-state index contributed by atoms with van der Waals surface area (Å²) in [5.74, 6) is 1.04. The van der Waals surface area contributed by atoms with Crippen LogP contribution in [0.25, 0.3) is 0 Å². The van der Waals surface area contributed by atoms with Gasteiger partial charge in [0.2, 0.25) is 0 Å². The maximum Gasteiger partial charge on any atom is 0.188 e. The lowest BCUT2D eigenvalue weighted by Crippen LogP contribution is -2.31. The Labute approximate surface area is 115 Å². The number of thioether (sulfide) groups is 1. The van der Waals surface area contributed by atoms with Crippen LogP contribution in [0.5, 0.6) is 0 Å². The first kappa shape index (κ1) is 15.4. The van der Waals surface area contributed by atoms with E-state index in [2.05, 4.69) is 49.9 Å². The minimum Gasteiger partial charge on any atom is -0.313 e. The van der Waals surface area contributed by atoms with Gasteiger partial charge in [0.25, 0.3) is 0 Å². The Bertz CT molecular complexity index is 356. The molecule has 0 amide bonds. The number of rotatable bonds is 7. The van der Waals surface area contributed by atoms with Gasteiger partial charge in [-0.15, -0.1) is 0 Å². The Kier molecular flexibility index (Phi) is 6.65. The van der Waals surface area contributed by atoms with Crippen LogP contribution in [-0.2, 0) is 0 Å². The molecule has 0 fully saturated rings. The van der Waals surface area contributed by atoms with Crippen LogP contribution in [-0.4, -0.2) is 28.3 Å². The summed E-state index contributed by atoms with van der Waals surface area (Å²) < 4.78 is 0. The van der Waals surface area contributed by atoms with Gasteiger partial charge in [-0.05, 0) is 45.7 Å². The van der Waals surface area contributed by atoms with Crippen molar-refractivity contribution in [2.45, 2.75) is 58.7 Å². The Morgan fingerprint density at radius 1 is 1.11 bits per heavy atom. The van der Waals surface area contributed by atoms with Gasteiger partial charge in [-0.2, -0.15) is 0 Å². The molecule has 1 N–H and O–H groups in total. The summed E-state index contributed by atoms with van der Waals surface area (Å²) in [6, 6.07) is 0.556. The van der Waals surface area contributed by atoms with Crippen molar-refractivity contribution in [2.24, 2.45) is 0 Å². The molecule has 0 aliphatic heterocycles. The molecule has 102 valence electrons. The zero-order valence-electron chi connectivity index (χ0n) is 12.2. The van der Waals surface area contributed by atoms with Crippen molar-refractivity contribution < 1.29 is 0 Å². The number of aryl methyl sites for hydroxylation is 2. The minimum absolute atomic E-state index is 0.556. The Hall–Kier alpha value is -0.610. The normalized spacial score (nSPS) is 12.7. The van der Waals surface area contributed by atoms with Crippen LogP contribution >= 0.6 is 11.8 Å². The van der Waals surface area contributed by atoms with Crippen LogP contribution in [0.2, 0.25) is 0 Å². The van der Waals surface area contributed by atoms with Gasteiger partial charge < -0.3 is 5.32 Å². The highest BCUT2D eigenvalue weighted by atomic mass is 32.2. The standard InChI is InChI=1S/C14H25N3S/c1-6-8-15-13(7-2)9-18-14-16-11(4)10(3)12(5)17-14/h13,15H,6-9H2,1-5H3. The number of hydrogen-bond acceptors (Lipinski definition) is 4. The van der Waals surface area contributed by atoms with E-state index < -0.39 is 0 Å². The second kappa shape index (κ2) is 7.74. The molecule has 0 radical (unpaired) electrons.